The Hall–Kier alpha value is -2.89. The quantitative estimate of drug-likeness (QED) is 0.718. The number of nitrogens with zero attached hydrogens (tertiary/aromatic N) is 5. The van der Waals surface area contributed by atoms with E-state index in [0.717, 1.165) is 53.5 Å². The lowest BCUT2D eigenvalue weighted by Crippen LogP contribution is -2.49. The second-order valence-electron chi connectivity index (χ2n) is 7.05. The fraction of sp³-hybridized carbons (Fsp3) is 0.381. The van der Waals surface area contributed by atoms with Gasteiger partial charge in [-0.3, -0.25) is 4.79 Å². The van der Waals surface area contributed by atoms with E-state index < -0.39 is 0 Å². The van der Waals surface area contributed by atoms with Gasteiger partial charge in [0.1, 0.15) is 5.82 Å². The standard InChI is InChI=1S/C21H25N5O/c1-4-18-14-19(26-20(22-18)15(2)16(3)23-26)24-10-12-25(13-11-24)21(27)17-8-6-5-7-9-17/h5-9,14H,4,10-13H2,1-3H3. The van der Waals surface area contributed by atoms with E-state index in [1.165, 1.54) is 0 Å². The van der Waals surface area contributed by atoms with Crippen LogP contribution in [0.15, 0.2) is 36.4 Å². The number of rotatable bonds is 3. The minimum Gasteiger partial charge on any atom is -0.353 e. The van der Waals surface area contributed by atoms with Crippen molar-refractivity contribution in [2.45, 2.75) is 27.2 Å². The largest absolute Gasteiger partial charge is 0.353 e. The number of aryl methyl sites for hydroxylation is 3. The summed E-state index contributed by atoms with van der Waals surface area (Å²) in [5.74, 6) is 1.18. The average Bonchev–Trinajstić information content (AvgIpc) is 3.01. The van der Waals surface area contributed by atoms with Crippen LogP contribution in [0.3, 0.4) is 0 Å². The number of aromatic nitrogens is 3. The third kappa shape index (κ3) is 3.16. The van der Waals surface area contributed by atoms with Crippen LogP contribution < -0.4 is 4.90 Å². The summed E-state index contributed by atoms with van der Waals surface area (Å²) in [6.07, 6.45) is 0.889. The summed E-state index contributed by atoms with van der Waals surface area (Å²) in [7, 11) is 0. The van der Waals surface area contributed by atoms with Gasteiger partial charge in [-0.2, -0.15) is 9.61 Å². The minimum absolute atomic E-state index is 0.107. The maximum absolute atomic E-state index is 12.7. The molecule has 0 N–H and O–H groups in total. The summed E-state index contributed by atoms with van der Waals surface area (Å²) >= 11 is 0. The molecule has 0 unspecified atom stereocenters. The lowest BCUT2D eigenvalue weighted by Gasteiger charge is -2.36. The normalized spacial score (nSPS) is 14.8. The molecule has 140 valence electrons. The van der Waals surface area contributed by atoms with Gasteiger partial charge in [-0.1, -0.05) is 25.1 Å². The van der Waals surface area contributed by atoms with Crippen LogP contribution in [-0.4, -0.2) is 51.6 Å². The van der Waals surface area contributed by atoms with Gasteiger partial charge >= 0.3 is 0 Å². The van der Waals surface area contributed by atoms with Crippen molar-refractivity contribution in [3.8, 4) is 0 Å². The maximum atomic E-state index is 12.7. The molecule has 0 aliphatic carbocycles. The van der Waals surface area contributed by atoms with Crippen LogP contribution in [0.25, 0.3) is 5.65 Å². The van der Waals surface area contributed by atoms with E-state index in [9.17, 15) is 4.79 Å². The highest BCUT2D eigenvalue weighted by Crippen LogP contribution is 2.23. The number of benzene rings is 1. The number of carbonyl (C=O) groups is 1. The molecule has 1 aliphatic heterocycles. The topological polar surface area (TPSA) is 53.7 Å². The molecule has 27 heavy (non-hydrogen) atoms. The lowest BCUT2D eigenvalue weighted by molar-refractivity contribution is 0.0746. The molecule has 0 saturated carbocycles. The summed E-state index contributed by atoms with van der Waals surface area (Å²) < 4.78 is 1.96. The van der Waals surface area contributed by atoms with Crippen molar-refractivity contribution in [1.82, 2.24) is 19.5 Å². The number of hydrogen-bond acceptors (Lipinski definition) is 4. The van der Waals surface area contributed by atoms with Crippen molar-refractivity contribution >= 4 is 17.4 Å². The van der Waals surface area contributed by atoms with Crippen molar-refractivity contribution in [3.63, 3.8) is 0 Å². The minimum atomic E-state index is 0.107. The van der Waals surface area contributed by atoms with Crippen LogP contribution >= 0.6 is 0 Å². The first-order chi connectivity index (χ1) is 13.1. The number of fused-ring (bicyclic) bond motifs is 1. The van der Waals surface area contributed by atoms with Gasteiger partial charge < -0.3 is 9.80 Å². The van der Waals surface area contributed by atoms with Crippen molar-refractivity contribution in [2.24, 2.45) is 0 Å². The van der Waals surface area contributed by atoms with Gasteiger partial charge in [-0.15, -0.1) is 0 Å². The Morgan fingerprint density at radius 1 is 1.07 bits per heavy atom. The molecule has 1 fully saturated rings. The van der Waals surface area contributed by atoms with Crippen LogP contribution in [0.1, 0.15) is 34.2 Å². The Balaban J connectivity index is 1.58. The first-order valence-corrected chi connectivity index (χ1v) is 9.53. The third-order valence-corrected chi connectivity index (χ3v) is 5.36. The van der Waals surface area contributed by atoms with Gasteiger partial charge in [-0.25, -0.2) is 4.98 Å². The van der Waals surface area contributed by atoms with Crippen LogP contribution in [0, 0.1) is 13.8 Å². The van der Waals surface area contributed by atoms with Crippen LogP contribution in [0.5, 0.6) is 0 Å². The Morgan fingerprint density at radius 2 is 1.78 bits per heavy atom. The highest BCUT2D eigenvalue weighted by atomic mass is 16.2. The van der Waals surface area contributed by atoms with Gasteiger partial charge in [0.2, 0.25) is 0 Å². The molecule has 2 aromatic heterocycles. The van der Waals surface area contributed by atoms with Gasteiger partial charge in [0.25, 0.3) is 5.91 Å². The Bertz CT molecular complexity index is 971. The molecular formula is C21H25N5O. The van der Waals surface area contributed by atoms with Crippen molar-refractivity contribution < 1.29 is 4.79 Å². The number of hydrogen-bond donors (Lipinski definition) is 0. The van der Waals surface area contributed by atoms with E-state index in [4.69, 9.17) is 10.1 Å². The SMILES string of the molecule is CCc1cc(N2CCN(C(=O)c3ccccc3)CC2)n2nc(C)c(C)c2n1. The van der Waals surface area contributed by atoms with Crippen LogP contribution in [0.2, 0.25) is 0 Å². The highest BCUT2D eigenvalue weighted by molar-refractivity contribution is 5.94. The molecular weight excluding hydrogens is 338 g/mol. The molecule has 0 atom stereocenters. The van der Waals surface area contributed by atoms with Crippen molar-refractivity contribution in [1.29, 1.82) is 0 Å². The smallest absolute Gasteiger partial charge is 0.253 e. The summed E-state index contributed by atoms with van der Waals surface area (Å²) in [6.45, 7) is 9.21. The molecule has 6 nitrogen and oxygen atoms in total. The van der Waals surface area contributed by atoms with E-state index >= 15 is 0 Å². The first-order valence-electron chi connectivity index (χ1n) is 9.53. The van der Waals surface area contributed by atoms with E-state index in [-0.39, 0.29) is 5.91 Å². The van der Waals surface area contributed by atoms with Gasteiger partial charge in [0.15, 0.2) is 5.65 Å². The first kappa shape index (κ1) is 17.5. The zero-order valence-electron chi connectivity index (χ0n) is 16.1. The summed E-state index contributed by atoms with van der Waals surface area (Å²) in [4.78, 5) is 21.7. The highest BCUT2D eigenvalue weighted by Gasteiger charge is 2.24. The number of anilines is 1. The van der Waals surface area contributed by atoms with E-state index in [1.54, 1.807) is 0 Å². The Morgan fingerprint density at radius 3 is 2.44 bits per heavy atom. The second kappa shape index (κ2) is 7.02. The molecule has 0 spiro atoms. The zero-order valence-corrected chi connectivity index (χ0v) is 16.1. The zero-order chi connectivity index (χ0) is 19.0. The molecule has 0 bridgehead atoms. The molecule has 3 heterocycles. The fourth-order valence-corrected chi connectivity index (χ4v) is 3.57. The van der Waals surface area contributed by atoms with E-state index in [1.807, 2.05) is 46.7 Å². The van der Waals surface area contributed by atoms with Gasteiger partial charge in [0, 0.05) is 49.1 Å². The summed E-state index contributed by atoms with van der Waals surface area (Å²) in [6, 6.07) is 11.6. The number of carbonyl (C=O) groups excluding carboxylic acids is 1. The summed E-state index contributed by atoms with van der Waals surface area (Å²) in [5, 5.41) is 4.70. The van der Waals surface area contributed by atoms with Crippen molar-refractivity contribution in [2.75, 3.05) is 31.1 Å². The third-order valence-electron chi connectivity index (χ3n) is 5.36. The van der Waals surface area contributed by atoms with Gasteiger partial charge in [0.05, 0.1) is 5.69 Å². The predicted molar refractivity (Wildman–Crippen MR) is 106 cm³/mol. The van der Waals surface area contributed by atoms with Crippen LogP contribution in [-0.2, 0) is 6.42 Å². The monoisotopic (exact) mass is 363 g/mol. The van der Waals surface area contributed by atoms with E-state index in [2.05, 4.69) is 24.8 Å². The molecule has 1 amide bonds. The molecule has 3 aromatic rings. The van der Waals surface area contributed by atoms with E-state index in [0.29, 0.717) is 13.1 Å². The average molecular weight is 363 g/mol. The molecule has 0 radical (unpaired) electrons. The summed E-state index contributed by atoms with van der Waals surface area (Å²) in [5.41, 5.74) is 4.90. The van der Waals surface area contributed by atoms with Crippen molar-refractivity contribution in [3.05, 3.63) is 58.9 Å². The molecule has 1 aromatic carbocycles. The van der Waals surface area contributed by atoms with Gasteiger partial charge in [-0.05, 0) is 32.4 Å². The second-order valence-corrected chi connectivity index (χ2v) is 7.05. The molecule has 1 saturated heterocycles. The lowest BCUT2D eigenvalue weighted by atomic mass is 10.2. The molecule has 1 aliphatic rings. The van der Waals surface area contributed by atoms with Crippen LogP contribution in [0.4, 0.5) is 5.82 Å². The predicted octanol–water partition coefficient (Wildman–Crippen LogP) is 2.87. The molecule has 6 heteroatoms. The molecule has 4 rings (SSSR count). The Labute approximate surface area is 159 Å². The fourth-order valence-electron chi connectivity index (χ4n) is 3.57. The Kier molecular flexibility index (Phi) is 4.56. The number of amides is 1. The number of piperazine rings is 1. The maximum Gasteiger partial charge on any atom is 0.253 e.